The lowest BCUT2D eigenvalue weighted by Crippen LogP contribution is -2.53. The average Bonchev–Trinajstić information content (AvgIpc) is 2.41. The van der Waals surface area contributed by atoms with Crippen LogP contribution in [0.1, 0.15) is 12.8 Å². The van der Waals surface area contributed by atoms with Crippen LogP contribution >= 0.6 is 11.6 Å². The molecule has 112 valence electrons. The first-order valence-electron chi connectivity index (χ1n) is 6.16. The van der Waals surface area contributed by atoms with Crippen LogP contribution in [0.2, 0.25) is 5.02 Å². The summed E-state index contributed by atoms with van der Waals surface area (Å²) in [6.45, 7) is -0.372. The predicted octanol–water partition coefficient (Wildman–Crippen LogP) is 0.779. The molecule has 1 saturated heterocycles. The lowest BCUT2D eigenvalue weighted by molar-refractivity contribution is -0.137. The zero-order valence-corrected chi connectivity index (χ0v) is 11.6. The number of amides is 3. The summed E-state index contributed by atoms with van der Waals surface area (Å²) in [5.41, 5.74) is 0. The highest BCUT2D eigenvalue weighted by atomic mass is 35.5. The number of halogens is 2. The van der Waals surface area contributed by atoms with Gasteiger partial charge in [-0.2, -0.15) is 0 Å². The summed E-state index contributed by atoms with van der Waals surface area (Å²) in [4.78, 5) is 34.1. The average molecular weight is 315 g/mol. The monoisotopic (exact) mass is 314 g/mol. The largest absolute Gasteiger partial charge is 0.482 e. The number of piperidine rings is 1. The molecule has 6 nitrogen and oxygen atoms in total. The Labute approximate surface area is 124 Å². The minimum Gasteiger partial charge on any atom is -0.482 e. The van der Waals surface area contributed by atoms with E-state index in [1.165, 1.54) is 6.07 Å². The molecule has 8 heteroatoms. The van der Waals surface area contributed by atoms with Gasteiger partial charge in [-0.05, 0) is 24.6 Å². The standard InChI is InChI=1S/C13H12ClFN2O4/c14-8-5-7(15)1-3-10(8)21-6-12(19)16-9-2-4-11(18)17-13(9)20/h1,3,5,9H,2,4,6H2,(H,16,19)(H,17,18,20). The van der Waals surface area contributed by atoms with Crippen molar-refractivity contribution in [2.45, 2.75) is 18.9 Å². The number of nitrogens with one attached hydrogen (secondary N) is 2. The molecule has 1 aliphatic heterocycles. The van der Waals surface area contributed by atoms with Crippen LogP contribution in [0.5, 0.6) is 5.75 Å². The summed E-state index contributed by atoms with van der Waals surface area (Å²) < 4.78 is 18.0. The van der Waals surface area contributed by atoms with Gasteiger partial charge in [0.1, 0.15) is 17.6 Å². The van der Waals surface area contributed by atoms with E-state index in [0.29, 0.717) is 0 Å². The summed E-state index contributed by atoms with van der Waals surface area (Å²) in [7, 11) is 0. The number of ether oxygens (including phenoxy) is 1. The fraction of sp³-hybridized carbons (Fsp3) is 0.308. The molecule has 1 aromatic rings. The number of carbonyl (C=O) groups excluding carboxylic acids is 3. The van der Waals surface area contributed by atoms with Gasteiger partial charge in [-0.1, -0.05) is 11.6 Å². The summed E-state index contributed by atoms with van der Waals surface area (Å²) in [5.74, 6) is -1.79. The second kappa shape index (κ2) is 6.53. The predicted molar refractivity (Wildman–Crippen MR) is 71.2 cm³/mol. The highest BCUT2D eigenvalue weighted by molar-refractivity contribution is 6.32. The van der Waals surface area contributed by atoms with Crippen molar-refractivity contribution in [1.82, 2.24) is 10.6 Å². The fourth-order valence-corrected chi connectivity index (χ4v) is 2.02. The highest BCUT2D eigenvalue weighted by Gasteiger charge is 2.27. The second-order valence-corrected chi connectivity index (χ2v) is 4.84. The Morgan fingerprint density at radius 1 is 1.48 bits per heavy atom. The maximum Gasteiger partial charge on any atom is 0.258 e. The van der Waals surface area contributed by atoms with Gasteiger partial charge in [0, 0.05) is 6.42 Å². The molecule has 0 radical (unpaired) electrons. The molecule has 0 aromatic heterocycles. The van der Waals surface area contributed by atoms with Gasteiger partial charge in [0.15, 0.2) is 6.61 Å². The first kappa shape index (κ1) is 15.2. The first-order chi connectivity index (χ1) is 9.95. The smallest absolute Gasteiger partial charge is 0.258 e. The van der Waals surface area contributed by atoms with Gasteiger partial charge in [0.05, 0.1) is 5.02 Å². The third kappa shape index (κ3) is 4.16. The Balaban J connectivity index is 1.85. The third-order valence-corrected chi connectivity index (χ3v) is 3.12. The maximum atomic E-state index is 12.8. The van der Waals surface area contributed by atoms with Crippen molar-refractivity contribution in [2.75, 3.05) is 6.61 Å². The van der Waals surface area contributed by atoms with Gasteiger partial charge < -0.3 is 10.1 Å². The highest BCUT2D eigenvalue weighted by Crippen LogP contribution is 2.24. The number of hydrogen-bond acceptors (Lipinski definition) is 4. The summed E-state index contributed by atoms with van der Waals surface area (Å²) in [6, 6.07) is 2.76. The molecule has 1 fully saturated rings. The van der Waals surface area contributed by atoms with E-state index in [1.807, 2.05) is 0 Å². The fourth-order valence-electron chi connectivity index (χ4n) is 1.80. The SMILES string of the molecule is O=C1CCC(NC(=O)COc2ccc(F)cc2Cl)C(=O)N1. The zero-order valence-electron chi connectivity index (χ0n) is 10.8. The van der Waals surface area contributed by atoms with Gasteiger partial charge >= 0.3 is 0 Å². The van der Waals surface area contributed by atoms with Crippen molar-refractivity contribution in [3.05, 3.63) is 29.0 Å². The van der Waals surface area contributed by atoms with E-state index >= 15 is 0 Å². The molecule has 0 aliphatic carbocycles. The molecule has 0 saturated carbocycles. The van der Waals surface area contributed by atoms with Gasteiger partial charge in [-0.25, -0.2) is 4.39 Å². The number of benzene rings is 1. The van der Waals surface area contributed by atoms with Crippen LogP contribution in [-0.4, -0.2) is 30.4 Å². The van der Waals surface area contributed by atoms with Crippen LogP contribution < -0.4 is 15.4 Å². The zero-order chi connectivity index (χ0) is 15.4. The van der Waals surface area contributed by atoms with Gasteiger partial charge in [-0.3, -0.25) is 19.7 Å². The van der Waals surface area contributed by atoms with Crippen LogP contribution in [0.3, 0.4) is 0 Å². The number of carbonyl (C=O) groups is 3. The van der Waals surface area contributed by atoms with Crippen molar-refractivity contribution >= 4 is 29.3 Å². The van der Waals surface area contributed by atoms with Crippen LogP contribution in [0.15, 0.2) is 18.2 Å². The van der Waals surface area contributed by atoms with E-state index in [-0.39, 0.29) is 36.1 Å². The summed E-state index contributed by atoms with van der Waals surface area (Å²) >= 11 is 5.75. The molecule has 1 heterocycles. The van der Waals surface area contributed by atoms with Crippen molar-refractivity contribution in [3.8, 4) is 5.75 Å². The molecule has 1 aliphatic rings. The third-order valence-electron chi connectivity index (χ3n) is 2.83. The Bertz CT molecular complexity index is 594. The molecule has 21 heavy (non-hydrogen) atoms. The van der Waals surface area contributed by atoms with E-state index in [9.17, 15) is 18.8 Å². The van der Waals surface area contributed by atoms with Gasteiger partial charge in [0.2, 0.25) is 11.8 Å². The normalized spacial score (nSPS) is 18.1. The Morgan fingerprint density at radius 2 is 2.24 bits per heavy atom. The number of hydrogen-bond donors (Lipinski definition) is 2. The van der Waals surface area contributed by atoms with Crippen LogP contribution in [0, 0.1) is 5.82 Å². The molecule has 0 bridgehead atoms. The molecule has 1 aromatic carbocycles. The Morgan fingerprint density at radius 3 is 2.90 bits per heavy atom. The summed E-state index contributed by atoms with van der Waals surface area (Å²) in [5, 5.41) is 4.62. The van der Waals surface area contributed by atoms with Crippen LogP contribution in [0.4, 0.5) is 4.39 Å². The molecule has 3 amide bonds. The molecule has 0 spiro atoms. The Kier molecular flexibility index (Phi) is 4.74. The van der Waals surface area contributed by atoms with E-state index in [4.69, 9.17) is 16.3 Å². The van der Waals surface area contributed by atoms with Crippen molar-refractivity contribution in [2.24, 2.45) is 0 Å². The first-order valence-corrected chi connectivity index (χ1v) is 6.54. The lowest BCUT2D eigenvalue weighted by atomic mass is 10.1. The van der Waals surface area contributed by atoms with E-state index in [0.717, 1.165) is 12.1 Å². The molecular formula is C13H12ClFN2O4. The molecule has 2 N–H and O–H groups in total. The van der Waals surface area contributed by atoms with E-state index < -0.39 is 23.7 Å². The number of rotatable bonds is 4. The minimum atomic E-state index is -0.762. The van der Waals surface area contributed by atoms with Crippen LogP contribution in [-0.2, 0) is 14.4 Å². The summed E-state index contributed by atoms with van der Waals surface area (Å²) in [6.07, 6.45) is 0.412. The Hall–Kier alpha value is -2.15. The molecule has 1 atom stereocenters. The lowest BCUT2D eigenvalue weighted by Gasteiger charge is -2.21. The number of imide groups is 1. The van der Waals surface area contributed by atoms with Crippen LogP contribution in [0.25, 0.3) is 0 Å². The van der Waals surface area contributed by atoms with E-state index in [2.05, 4.69) is 10.6 Å². The topological polar surface area (TPSA) is 84.5 Å². The molecular weight excluding hydrogens is 303 g/mol. The molecule has 1 unspecified atom stereocenters. The van der Waals surface area contributed by atoms with Gasteiger partial charge in [0.25, 0.3) is 5.91 Å². The van der Waals surface area contributed by atoms with Crippen molar-refractivity contribution in [3.63, 3.8) is 0 Å². The molecule has 2 rings (SSSR count). The minimum absolute atomic E-state index is 0.0452. The van der Waals surface area contributed by atoms with E-state index in [1.54, 1.807) is 0 Å². The van der Waals surface area contributed by atoms with Crippen molar-refractivity contribution in [1.29, 1.82) is 0 Å². The van der Waals surface area contributed by atoms with Crippen molar-refractivity contribution < 1.29 is 23.5 Å². The second-order valence-electron chi connectivity index (χ2n) is 4.43. The quantitative estimate of drug-likeness (QED) is 0.804. The van der Waals surface area contributed by atoms with Gasteiger partial charge in [-0.15, -0.1) is 0 Å². The maximum absolute atomic E-state index is 12.8.